The Morgan fingerprint density at radius 1 is 1.40 bits per heavy atom. The predicted molar refractivity (Wildman–Crippen MR) is 52.1 cm³/mol. The van der Waals surface area contributed by atoms with Crippen LogP contribution in [-0.4, -0.2) is 16.9 Å². The molecule has 2 heteroatoms. The van der Waals surface area contributed by atoms with Crippen LogP contribution in [-0.2, 0) is 0 Å². The molecule has 0 bridgehead atoms. The Morgan fingerprint density at radius 3 is 2.40 bits per heavy atom. The van der Waals surface area contributed by atoms with Gasteiger partial charge in [0.15, 0.2) is 0 Å². The van der Waals surface area contributed by atoms with E-state index in [1.54, 1.807) is 0 Å². The molecule has 0 nitrogen and oxygen atoms in total. The maximum absolute atomic E-state index is 5.66. The summed E-state index contributed by atoms with van der Waals surface area (Å²) >= 11 is 7.63. The molecule has 0 amide bonds. The maximum atomic E-state index is 5.66. The lowest BCUT2D eigenvalue weighted by Crippen LogP contribution is -2.03. The molecule has 0 aromatic rings. The van der Waals surface area contributed by atoms with Crippen molar-refractivity contribution in [2.75, 3.05) is 11.6 Å². The molecule has 0 aliphatic carbocycles. The Hall–Kier alpha value is 0.640. The minimum absolute atomic E-state index is 0.621. The fourth-order valence-electron chi connectivity index (χ4n) is 0.491. The van der Waals surface area contributed by atoms with E-state index in [4.69, 9.17) is 11.6 Å². The quantitative estimate of drug-likeness (QED) is 0.585. The Balaban J connectivity index is 3.17. The van der Waals surface area contributed by atoms with E-state index in [-0.39, 0.29) is 0 Å². The number of alkyl halides is 1. The van der Waals surface area contributed by atoms with E-state index in [1.165, 1.54) is 12.2 Å². The third-order valence-corrected chi connectivity index (χ3v) is 3.72. The van der Waals surface area contributed by atoms with Crippen molar-refractivity contribution in [1.29, 1.82) is 0 Å². The van der Waals surface area contributed by atoms with Crippen molar-refractivity contribution < 1.29 is 0 Å². The summed E-state index contributed by atoms with van der Waals surface area (Å²) in [6.45, 7) is 6.70. The summed E-state index contributed by atoms with van der Waals surface area (Å²) in [5.74, 6) is 2.88. The molecule has 0 radical (unpaired) electrons. The zero-order valence-electron chi connectivity index (χ0n) is 7.06. The lowest BCUT2D eigenvalue weighted by Gasteiger charge is -2.10. The summed E-state index contributed by atoms with van der Waals surface area (Å²) in [5, 5.41) is 0.621. The van der Waals surface area contributed by atoms with Crippen molar-refractivity contribution in [3.05, 3.63) is 0 Å². The zero-order valence-corrected chi connectivity index (χ0v) is 8.63. The molecular weight excluding hydrogens is 164 g/mol. The maximum Gasteiger partial charge on any atom is 0.0339 e. The second-order valence-corrected chi connectivity index (χ2v) is 4.59. The molecule has 0 aromatic carbocycles. The first kappa shape index (κ1) is 10.6. The molecule has 0 N–H and O–H groups in total. The molecule has 0 fully saturated rings. The first-order valence-electron chi connectivity index (χ1n) is 3.88. The van der Waals surface area contributed by atoms with Crippen molar-refractivity contribution in [3.8, 4) is 0 Å². The van der Waals surface area contributed by atoms with Gasteiger partial charge in [-0.1, -0.05) is 27.2 Å². The van der Waals surface area contributed by atoms with Gasteiger partial charge in [0.25, 0.3) is 0 Å². The van der Waals surface area contributed by atoms with Gasteiger partial charge in [0.1, 0.15) is 0 Å². The summed E-state index contributed by atoms with van der Waals surface area (Å²) in [4.78, 5) is 0. The molecular formula is C8H17ClS. The number of rotatable bonds is 5. The summed E-state index contributed by atoms with van der Waals surface area (Å²) in [7, 11) is 0. The fraction of sp³-hybridized carbons (Fsp3) is 1.00. The Labute approximate surface area is 73.7 Å². The monoisotopic (exact) mass is 180 g/mol. The second kappa shape index (κ2) is 6.36. The van der Waals surface area contributed by atoms with E-state index in [0.717, 1.165) is 11.8 Å². The van der Waals surface area contributed by atoms with Gasteiger partial charge < -0.3 is 0 Å². The van der Waals surface area contributed by atoms with Crippen LogP contribution < -0.4 is 0 Å². The Morgan fingerprint density at radius 2 is 2.00 bits per heavy atom. The molecule has 0 saturated heterocycles. The Kier molecular flexibility index (Phi) is 6.76. The summed E-state index contributed by atoms with van der Waals surface area (Å²) in [5.41, 5.74) is 0. The van der Waals surface area contributed by atoms with Crippen LogP contribution in [0, 0.1) is 5.92 Å². The summed E-state index contributed by atoms with van der Waals surface area (Å²) < 4.78 is 0. The van der Waals surface area contributed by atoms with Gasteiger partial charge in [-0.05, 0) is 11.7 Å². The lowest BCUT2D eigenvalue weighted by molar-refractivity contribution is 0.636. The number of thioether (sulfide) groups is 1. The highest BCUT2D eigenvalue weighted by atomic mass is 35.5. The average molecular weight is 181 g/mol. The average Bonchev–Trinajstić information content (AvgIpc) is 1.99. The molecule has 2 unspecified atom stereocenters. The van der Waals surface area contributed by atoms with Gasteiger partial charge in [-0.15, -0.1) is 11.6 Å². The number of hydrogen-bond acceptors (Lipinski definition) is 1. The predicted octanol–water partition coefficient (Wildman–Crippen LogP) is 3.39. The molecule has 0 heterocycles. The van der Waals surface area contributed by atoms with Crippen LogP contribution in [0.3, 0.4) is 0 Å². The molecule has 0 spiro atoms. The van der Waals surface area contributed by atoms with Crippen molar-refractivity contribution in [1.82, 2.24) is 0 Å². The van der Waals surface area contributed by atoms with Crippen LogP contribution in [0.4, 0.5) is 0 Å². The van der Waals surface area contributed by atoms with Gasteiger partial charge >= 0.3 is 0 Å². The van der Waals surface area contributed by atoms with E-state index in [0.29, 0.717) is 5.25 Å². The van der Waals surface area contributed by atoms with Crippen LogP contribution in [0.25, 0.3) is 0 Å². The van der Waals surface area contributed by atoms with Crippen molar-refractivity contribution in [3.63, 3.8) is 0 Å². The smallest absolute Gasteiger partial charge is 0.0339 e. The molecule has 62 valence electrons. The second-order valence-electron chi connectivity index (χ2n) is 2.81. The van der Waals surface area contributed by atoms with E-state index in [1.807, 2.05) is 11.8 Å². The zero-order chi connectivity index (χ0) is 7.98. The summed E-state index contributed by atoms with van der Waals surface area (Å²) in [6.07, 6.45) is 1.28. The van der Waals surface area contributed by atoms with E-state index >= 15 is 0 Å². The number of hydrogen-bond donors (Lipinski definition) is 0. The van der Waals surface area contributed by atoms with E-state index in [2.05, 4.69) is 20.8 Å². The molecule has 0 saturated carbocycles. The third-order valence-electron chi connectivity index (χ3n) is 1.58. The van der Waals surface area contributed by atoms with Crippen molar-refractivity contribution in [2.45, 2.75) is 32.4 Å². The number of halogens is 1. The Bertz CT molecular complexity index is 65.7. The van der Waals surface area contributed by atoms with Crippen LogP contribution >= 0.6 is 23.4 Å². The molecule has 0 aliphatic rings. The molecule has 0 aromatic heterocycles. The highest BCUT2D eigenvalue weighted by molar-refractivity contribution is 7.99. The highest BCUT2D eigenvalue weighted by Gasteiger charge is 2.03. The highest BCUT2D eigenvalue weighted by Crippen LogP contribution is 2.17. The topological polar surface area (TPSA) is 0 Å². The minimum atomic E-state index is 0.621. The van der Waals surface area contributed by atoms with Gasteiger partial charge in [-0.25, -0.2) is 0 Å². The van der Waals surface area contributed by atoms with Crippen LogP contribution in [0.2, 0.25) is 0 Å². The lowest BCUT2D eigenvalue weighted by atomic mass is 10.2. The first-order chi connectivity index (χ1) is 4.70. The first-order valence-corrected chi connectivity index (χ1v) is 5.46. The van der Waals surface area contributed by atoms with Gasteiger partial charge in [-0.2, -0.15) is 11.8 Å². The van der Waals surface area contributed by atoms with Gasteiger partial charge in [0.05, 0.1) is 0 Å². The molecule has 2 atom stereocenters. The molecule has 10 heavy (non-hydrogen) atoms. The normalized spacial score (nSPS) is 16.8. The van der Waals surface area contributed by atoms with Gasteiger partial charge in [0.2, 0.25) is 0 Å². The van der Waals surface area contributed by atoms with Crippen LogP contribution in [0.1, 0.15) is 27.2 Å². The fourth-order valence-corrected chi connectivity index (χ4v) is 1.74. The van der Waals surface area contributed by atoms with E-state index < -0.39 is 0 Å². The van der Waals surface area contributed by atoms with E-state index in [9.17, 15) is 0 Å². The standard InChI is InChI=1S/C8H17ClS/c1-4-7(2)6-10-8(3)5-9/h7-8H,4-6H2,1-3H3. The minimum Gasteiger partial charge on any atom is -0.157 e. The molecule has 0 aliphatic heterocycles. The largest absolute Gasteiger partial charge is 0.157 e. The van der Waals surface area contributed by atoms with Crippen molar-refractivity contribution >= 4 is 23.4 Å². The van der Waals surface area contributed by atoms with Gasteiger partial charge in [0, 0.05) is 11.1 Å². The SMILES string of the molecule is CCC(C)CSC(C)CCl. The van der Waals surface area contributed by atoms with Gasteiger partial charge in [-0.3, -0.25) is 0 Å². The third kappa shape index (κ3) is 5.43. The van der Waals surface area contributed by atoms with Crippen LogP contribution in [0.15, 0.2) is 0 Å². The molecule has 0 rings (SSSR count). The van der Waals surface area contributed by atoms with Crippen molar-refractivity contribution in [2.24, 2.45) is 5.92 Å². The summed E-state index contributed by atoms with van der Waals surface area (Å²) in [6, 6.07) is 0. The van der Waals surface area contributed by atoms with Crippen LogP contribution in [0.5, 0.6) is 0 Å².